The van der Waals surface area contributed by atoms with Crippen molar-refractivity contribution in [2.75, 3.05) is 32.8 Å². The van der Waals surface area contributed by atoms with E-state index in [1.165, 1.54) is 5.56 Å². The molecule has 0 radical (unpaired) electrons. The number of carbonyl (C=O) groups is 1. The summed E-state index contributed by atoms with van der Waals surface area (Å²) in [6, 6.07) is 10.9. The Morgan fingerprint density at radius 3 is 2.71 bits per heavy atom. The zero-order valence-corrected chi connectivity index (χ0v) is 18.8. The fourth-order valence-electron chi connectivity index (χ4n) is 4.04. The molecule has 1 saturated heterocycles. The number of aliphatic imine (C=N–C) groups is 1. The minimum Gasteiger partial charge on any atom is -0.496 e. The van der Waals surface area contributed by atoms with E-state index in [1.54, 1.807) is 43.9 Å². The molecular formula is C23H27N3O4S. The minimum atomic E-state index is -2.30. The normalized spacial score (nSPS) is 16.4. The predicted molar refractivity (Wildman–Crippen MR) is 123 cm³/mol. The average Bonchev–Trinajstić information content (AvgIpc) is 3.16. The van der Waals surface area contributed by atoms with E-state index in [-0.39, 0.29) is 5.91 Å². The molecule has 8 heteroatoms. The molecule has 7 nitrogen and oxygen atoms in total. The van der Waals surface area contributed by atoms with Crippen molar-refractivity contribution in [3.63, 3.8) is 0 Å². The van der Waals surface area contributed by atoms with Gasteiger partial charge in [0.05, 0.1) is 18.5 Å². The molecule has 0 aromatic heterocycles. The molecule has 0 bridgehead atoms. The molecule has 2 aliphatic rings. The molecule has 0 unspecified atom stereocenters. The number of nitrogens with one attached hydrogen (secondary N) is 1. The molecule has 0 saturated carbocycles. The monoisotopic (exact) mass is 441 g/mol. The van der Waals surface area contributed by atoms with E-state index in [0.29, 0.717) is 29.4 Å². The van der Waals surface area contributed by atoms with Crippen molar-refractivity contribution in [2.45, 2.75) is 25.2 Å². The zero-order chi connectivity index (χ0) is 22.0. The fraction of sp³-hybridized carbons (Fsp3) is 0.391. The molecule has 31 heavy (non-hydrogen) atoms. The van der Waals surface area contributed by atoms with Crippen LogP contribution in [-0.2, 0) is 20.9 Å². The van der Waals surface area contributed by atoms with Crippen molar-refractivity contribution in [2.24, 2.45) is 9.36 Å². The van der Waals surface area contributed by atoms with Gasteiger partial charge in [0.25, 0.3) is 5.91 Å². The molecule has 4 rings (SSSR count). The SMILES string of the molecule is COc1ccc(C2CCOCC2)c2c1CC(NC(=O)c1cccc(N=S(C)(C)=O)c1)=N2. The lowest BCUT2D eigenvalue weighted by atomic mass is 9.89. The molecule has 0 atom stereocenters. The second-order valence-electron chi connectivity index (χ2n) is 8.08. The number of hydrogen-bond donors (Lipinski definition) is 1. The van der Waals surface area contributed by atoms with Crippen molar-refractivity contribution in [1.29, 1.82) is 0 Å². The summed E-state index contributed by atoms with van der Waals surface area (Å²) in [7, 11) is -0.657. The standard InChI is InChI=1S/C23H27N3O4S/c1-29-20-8-7-18(15-9-11-30-12-10-15)22-19(20)14-21(24-22)25-23(27)16-5-4-6-17(13-16)26-31(2,3)28/h4-8,13,15H,9-12,14H2,1-3H3,(H,24,25,27). The minimum absolute atomic E-state index is 0.270. The third-order valence-corrected chi connectivity index (χ3v) is 6.08. The van der Waals surface area contributed by atoms with Gasteiger partial charge in [0, 0.05) is 53.0 Å². The summed E-state index contributed by atoms with van der Waals surface area (Å²) in [5.41, 5.74) is 4.05. The van der Waals surface area contributed by atoms with Crippen LogP contribution in [0.5, 0.6) is 5.75 Å². The number of hydrogen-bond acceptors (Lipinski definition) is 6. The third kappa shape index (κ3) is 4.97. The number of rotatable bonds is 4. The molecule has 1 N–H and O–H groups in total. The van der Waals surface area contributed by atoms with Crippen LogP contribution in [0.2, 0.25) is 0 Å². The number of ether oxygens (including phenoxy) is 2. The molecule has 2 aliphatic heterocycles. The van der Waals surface area contributed by atoms with Crippen LogP contribution in [0.15, 0.2) is 45.8 Å². The second kappa shape index (κ2) is 8.80. The summed E-state index contributed by atoms with van der Waals surface area (Å²) in [5.74, 6) is 1.49. The highest BCUT2D eigenvalue weighted by Gasteiger charge is 2.27. The molecule has 1 fully saturated rings. The van der Waals surface area contributed by atoms with Gasteiger partial charge in [-0.05, 0) is 48.6 Å². The van der Waals surface area contributed by atoms with Gasteiger partial charge < -0.3 is 14.8 Å². The average molecular weight is 442 g/mol. The van der Waals surface area contributed by atoms with Crippen LogP contribution in [0.4, 0.5) is 11.4 Å². The van der Waals surface area contributed by atoms with Crippen LogP contribution in [0, 0.1) is 0 Å². The molecule has 2 aromatic carbocycles. The van der Waals surface area contributed by atoms with Gasteiger partial charge in [0.2, 0.25) is 0 Å². The first kappa shape index (κ1) is 21.5. The Morgan fingerprint density at radius 1 is 1.23 bits per heavy atom. The third-order valence-electron chi connectivity index (χ3n) is 5.43. The van der Waals surface area contributed by atoms with E-state index < -0.39 is 9.73 Å². The molecule has 1 amide bonds. The number of benzene rings is 2. The Hall–Kier alpha value is -2.71. The van der Waals surface area contributed by atoms with Crippen LogP contribution >= 0.6 is 0 Å². The van der Waals surface area contributed by atoms with Gasteiger partial charge >= 0.3 is 0 Å². The summed E-state index contributed by atoms with van der Waals surface area (Å²) < 4.78 is 27.2. The van der Waals surface area contributed by atoms with Crippen LogP contribution in [-0.4, -0.2) is 48.8 Å². The predicted octanol–water partition coefficient (Wildman–Crippen LogP) is 3.96. The summed E-state index contributed by atoms with van der Waals surface area (Å²) in [5, 5.41) is 2.93. The molecule has 0 spiro atoms. The lowest BCUT2D eigenvalue weighted by Gasteiger charge is -2.24. The van der Waals surface area contributed by atoms with Gasteiger partial charge in [-0.15, -0.1) is 0 Å². The molecular weight excluding hydrogens is 414 g/mol. The van der Waals surface area contributed by atoms with Crippen LogP contribution in [0.25, 0.3) is 0 Å². The first-order chi connectivity index (χ1) is 14.8. The van der Waals surface area contributed by atoms with Gasteiger partial charge in [-0.3, -0.25) is 4.79 Å². The number of amides is 1. The Labute approximate surface area is 183 Å². The van der Waals surface area contributed by atoms with Gasteiger partial charge in [0.15, 0.2) is 0 Å². The van der Waals surface area contributed by atoms with Crippen LogP contribution in [0.3, 0.4) is 0 Å². The van der Waals surface area contributed by atoms with Gasteiger partial charge in [0.1, 0.15) is 11.6 Å². The Balaban J connectivity index is 1.59. The van der Waals surface area contributed by atoms with Crippen molar-refractivity contribution < 1.29 is 18.5 Å². The Morgan fingerprint density at radius 2 is 2.00 bits per heavy atom. The summed E-state index contributed by atoms with van der Waals surface area (Å²) >= 11 is 0. The number of nitrogens with zero attached hydrogens (tertiary/aromatic N) is 2. The van der Waals surface area contributed by atoms with Gasteiger partial charge in [-0.25, -0.2) is 9.20 Å². The quantitative estimate of drug-likeness (QED) is 0.778. The lowest BCUT2D eigenvalue weighted by Crippen LogP contribution is -2.30. The van der Waals surface area contributed by atoms with Crippen molar-refractivity contribution in [3.05, 3.63) is 53.1 Å². The van der Waals surface area contributed by atoms with E-state index in [1.807, 2.05) is 6.07 Å². The molecule has 164 valence electrons. The zero-order valence-electron chi connectivity index (χ0n) is 18.0. The maximum atomic E-state index is 12.9. The smallest absolute Gasteiger partial charge is 0.256 e. The van der Waals surface area contributed by atoms with E-state index in [2.05, 4.69) is 15.7 Å². The molecule has 0 aliphatic carbocycles. The van der Waals surface area contributed by atoms with E-state index in [0.717, 1.165) is 43.1 Å². The maximum Gasteiger partial charge on any atom is 0.256 e. The lowest BCUT2D eigenvalue weighted by molar-refractivity contribution is 0.0854. The summed E-state index contributed by atoms with van der Waals surface area (Å²) in [6.07, 6.45) is 5.55. The van der Waals surface area contributed by atoms with Gasteiger partial charge in [-0.2, -0.15) is 4.36 Å². The van der Waals surface area contributed by atoms with Crippen LogP contribution < -0.4 is 10.1 Å². The van der Waals surface area contributed by atoms with E-state index in [4.69, 9.17) is 14.5 Å². The number of fused-ring (bicyclic) bond motifs is 1. The van der Waals surface area contributed by atoms with Crippen molar-refractivity contribution in [1.82, 2.24) is 5.32 Å². The van der Waals surface area contributed by atoms with E-state index in [9.17, 15) is 9.00 Å². The molecule has 2 aromatic rings. The summed E-state index contributed by atoms with van der Waals surface area (Å²) in [4.78, 5) is 17.6. The summed E-state index contributed by atoms with van der Waals surface area (Å²) in [6.45, 7) is 1.50. The van der Waals surface area contributed by atoms with Gasteiger partial charge in [-0.1, -0.05) is 12.1 Å². The largest absolute Gasteiger partial charge is 0.496 e. The Bertz CT molecular complexity index is 1150. The topological polar surface area (TPSA) is 89.4 Å². The first-order valence-corrected chi connectivity index (χ1v) is 12.6. The van der Waals surface area contributed by atoms with Crippen molar-refractivity contribution in [3.8, 4) is 5.75 Å². The highest BCUT2D eigenvalue weighted by Crippen LogP contribution is 2.42. The highest BCUT2D eigenvalue weighted by molar-refractivity contribution is 7.92. The number of carbonyl (C=O) groups excluding carboxylic acids is 1. The maximum absolute atomic E-state index is 12.9. The van der Waals surface area contributed by atoms with Crippen molar-refractivity contribution >= 4 is 32.8 Å². The second-order valence-corrected chi connectivity index (χ2v) is 10.6. The fourth-order valence-corrected chi connectivity index (χ4v) is 4.66. The Kier molecular flexibility index (Phi) is 6.11. The number of methoxy groups -OCH3 is 1. The van der Waals surface area contributed by atoms with E-state index >= 15 is 0 Å². The molecule has 2 heterocycles. The number of amidine groups is 1. The van der Waals surface area contributed by atoms with Crippen LogP contribution in [0.1, 0.15) is 40.2 Å². The first-order valence-electron chi connectivity index (χ1n) is 10.3. The highest BCUT2D eigenvalue weighted by atomic mass is 32.2.